The van der Waals surface area contributed by atoms with E-state index in [1.807, 2.05) is 0 Å². The van der Waals surface area contributed by atoms with Gasteiger partial charge in [-0.3, -0.25) is 0 Å². The molecule has 0 bridgehead atoms. The molecule has 0 amide bonds. The summed E-state index contributed by atoms with van der Waals surface area (Å²) < 4.78 is 39.0. The lowest BCUT2D eigenvalue weighted by molar-refractivity contribution is -0.138. The second-order valence-corrected chi connectivity index (χ2v) is 5.76. The molecule has 0 saturated carbocycles. The van der Waals surface area contributed by atoms with E-state index in [0.29, 0.717) is 11.5 Å². The minimum atomic E-state index is -4.29. The van der Waals surface area contributed by atoms with Crippen molar-refractivity contribution >= 4 is 0 Å². The summed E-state index contributed by atoms with van der Waals surface area (Å²) in [5.41, 5.74) is -0.207. The highest BCUT2D eigenvalue weighted by Crippen LogP contribution is 2.34. The third-order valence-electron chi connectivity index (χ3n) is 4.26. The van der Waals surface area contributed by atoms with Crippen LogP contribution < -0.4 is 5.32 Å². The molecule has 1 heterocycles. The zero-order valence-electron chi connectivity index (χ0n) is 12.6. The maximum atomic E-state index is 13.0. The Kier molecular flexibility index (Phi) is 5.27. The molecule has 1 aromatic carbocycles. The van der Waals surface area contributed by atoms with E-state index in [0.717, 1.165) is 38.7 Å². The van der Waals surface area contributed by atoms with E-state index in [4.69, 9.17) is 0 Å². The van der Waals surface area contributed by atoms with E-state index in [2.05, 4.69) is 17.1 Å². The van der Waals surface area contributed by atoms with Crippen LogP contribution in [0.25, 0.3) is 0 Å². The maximum absolute atomic E-state index is 13.0. The van der Waals surface area contributed by atoms with Gasteiger partial charge in [-0.25, -0.2) is 0 Å². The summed E-state index contributed by atoms with van der Waals surface area (Å²) in [6.07, 6.45) is -3.17. The molecule has 2 nitrogen and oxygen atoms in total. The fourth-order valence-corrected chi connectivity index (χ4v) is 2.95. The van der Waals surface area contributed by atoms with E-state index in [1.54, 1.807) is 19.1 Å². The van der Waals surface area contributed by atoms with E-state index in [1.165, 1.54) is 6.07 Å². The Hall–Kier alpha value is -1.07. The number of alkyl halides is 3. The largest absolute Gasteiger partial charge is 0.416 e. The van der Waals surface area contributed by atoms with Crippen LogP contribution in [0.3, 0.4) is 0 Å². The Bertz CT molecular complexity index is 459. The van der Waals surface area contributed by atoms with Gasteiger partial charge in [0.2, 0.25) is 0 Å². The van der Waals surface area contributed by atoms with Crippen molar-refractivity contribution in [2.24, 2.45) is 5.92 Å². The van der Waals surface area contributed by atoms with Gasteiger partial charge in [-0.05, 0) is 50.5 Å². The van der Waals surface area contributed by atoms with Crippen LogP contribution in [0.15, 0.2) is 24.3 Å². The molecule has 2 unspecified atom stereocenters. The molecule has 5 heteroatoms. The molecule has 21 heavy (non-hydrogen) atoms. The Balaban J connectivity index is 1.96. The van der Waals surface area contributed by atoms with Gasteiger partial charge < -0.3 is 10.2 Å². The molecule has 2 atom stereocenters. The van der Waals surface area contributed by atoms with Crippen LogP contribution in [0.4, 0.5) is 13.2 Å². The number of hydrogen-bond donors (Lipinski definition) is 1. The number of hydrogen-bond acceptors (Lipinski definition) is 2. The molecule has 0 aromatic heterocycles. The second kappa shape index (κ2) is 6.79. The molecule has 1 saturated heterocycles. The van der Waals surface area contributed by atoms with Crippen LogP contribution in [0.1, 0.15) is 37.4 Å². The predicted octanol–water partition coefficient (Wildman–Crippen LogP) is 3.70. The topological polar surface area (TPSA) is 15.3 Å². The maximum Gasteiger partial charge on any atom is 0.416 e. The lowest BCUT2D eigenvalue weighted by Crippen LogP contribution is -2.29. The van der Waals surface area contributed by atoms with E-state index in [9.17, 15) is 13.2 Å². The van der Waals surface area contributed by atoms with Crippen LogP contribution >= 0.6 is 0 Å². The number of rotatable bonds is 5. The van der Waals surface area contributed by atoms with Gasteiger partial charge in [0.1, 0.15) is 0 Å². The van der Waals surface area contributed by atoms with Gasteiger partial charge in [-0.1, -0.05) is 25.1 Å². The lowest BCUT2D eigenvalue weighted by Gasteiger charge is -2.21. The molecule has 1 N–H and O–H groups in total. The monoisotopic (exact) mass is 300 g/mol. The van der Waals surface area contributed by atoms with Gasteiger partial charge in [-0.2, -0.15) is 13.2 Å². The first-order valence-corrected chi connectivity index (χ1v) is 7.53. The van der Waals surface area contributed by atoms with E-state index < -0.39 is 11.7 Å². The standard InChI is InChI=1S/C16H23F3N2/c1-3-21-9-8-13(11-21)10-20-12(2)14-6-4-5-7-15(14)16(17,18)19/h4-7,12-13,20H,3,8-11H2,1-2H3. The van der Waals surface area contributed by atoms with Gasteiger partial charge in [-0.15, -0.1) is 0 Å². The SMILES string of the molecule is CCN1CCC(CNC(C)c2ccccc2C(F)(F)F)C1. The molecule has 1 aliphatic heterocycles. The fourth-order valence-electron chi connectivity index (χ4n) is 2.95. The highest BCUT2D eigenvalue weighted by atomic mass is 19.4. The minimum Gasteiger partial charge on any atom is -0.310 e. The van der Waals surface area contributed by atoms with Crippen LogP contribution in [-0.4, -0.2) is 31.1 Å². The molecule has 1 aliphatic rings. The zero-order valence-corrected chi connectivity index (χ0v) is 12.6. The minimum absolute atomic E-state index is 0.293. The van der Waals surface area contributed by atoms with Gasteiger partial charge in [0.15, 0.2) is 0 Å². The van der Waals surface area contributed by atoms with Crippen molar-refractivity contribution < 1.29 is 13.2 Å². The third-order valence-corrected chi connectivity index (χ3v) is 4.26. The van der Waals surface area contributed by atoms with Crippen LogP contribution in [0.2, 0.25) is 0 Å². The van der Waals surface area contributed by atoms with Crippen molar-refractivity contribution in [1.29, 1.82) is 0 Å². The molecule has 118 valence electrons. The van der Waals surface area contributed by atoms with Crippen molar-refractivity contribution in [1.82, 2.24) is 10.2 Å². The number of halogens is 3. The van der Waals surface area contributed by atoms with E-state index >= 15 is 0 Å². The summed E-state index contributed by atoms with van der Waals surface area (Å²) in [5, 5.41) is 3.27. The lowest BCUT2D eigenvalue weighted by atomic mass is 10.00. The van der Waals surface area contributed by atoms with Crippen molar-refractivity contribution in [2.45, 2.75) is 32.5 Å². The molecule has 1 fully saturated rings. The molecule has 0 aliphatic carbocycles. The first kappa shape index (κ1) is 16.3. The van der Waals surface area contributed by atoms with Gasteiger partial charge >= 0.3 is 6.18 Å². The molecule has 1 aromatic rings. The summed E-state index contributed by atoms with van der Waals surface area (Å²) in [6, 6.07) is 5.53. The predicted molar refractivity (Wildman–Crippen MR) is 78.1 cm³/mol. The Labute approximate surface area is 124 Å². The summed E-state index contributed by atoms with van der Waals surface area (Å²) in [5.74, 6) is 0.533. The molecular formula is C16H23F3N2. The summed E-state index contributed by atoms with van der Waals surface area (Å²) >= 11 is 0. The first-order chi connectivity index (χ1) is 9.91. The van der Waals surface area contributed by atoms with Crippen LogP contribution in [0, 0.1) is 5.92 Å². The number of nitrogens with one attached hydrogen (secondary N) is 1. The average Bonchev–Trinajstić information content (AvgIpc) is 2.92. The third kappa shape index (κ3) is 4.20. The highest BCUT2D eigenvalue weighted by Gasteiger charge is 2.34. The second-order valence-electron chi connectivity index (χ2n) is 5.76. The summed E-state index contributed by atoms with van der Waals surface area (Å²) in [6.45, 7) is 7.88. The van der Waals surface area contributed by atoms with Gasteiger partial charge in [0, 0.05) is 12.6 Å². The number of likely N-dealkylation sites (tertiary alicyclic amines) is 1. The highest BCUT2D eigenvalue weighted by molar-refractivity contribution is 5.32. The van der Waals surface area contributed by atoms with Gasteiger partial charge in [0.05, 0.1) is 5.56 Å². The van der Waals surface area contributed by atoms with Crippen LogP contribution in [-0.2, 0) is 6.18 Å². The summed E-state index contributed by atoms with van der Waals surface area (Å²) in [7, 11) is 0. The Morgan fingerprint density at radius 2 is 2.05 bits per heavy atom. The molecular weight excluding hydrogens is 277 g/mol. The molecule has 2 rings (SSSR count). The van der Waals surface area contributed by atoms with Gasteiger partial charge in [0.25, 0.3) is 0 Å². The quantitative estimate of drug-likeness (QED) is 0.892. The zero-order chi connectivity index (χ0) is 15.5. The van der Waals surface area contributed by atoms with Crippen molar-refractivity contribution in [3.8, 4) is 0 Å². The Morgan fingerprint density at radius 3 is 2.67 bits per heavy atom. The van der Waals surface area contributed by atoms with Crippen molar-refractivity contribution in [2.75, 3.05) is 26.2 Å². The average molecular weight is 300 g/mol. The van der Waals surface area contributed by atoms with Crippen molar-refractivity contribution in [3.05, 3.63) is 35.4 Å². The molecule has 0 spiro atoms. The van der Waals surface area contributed by atoms with E-state index in [-0.39, 0.29) is 6.04 Å². The molecule has 0 radical (unpaired) electrons. The number of benzene rings is 1. The normalized spacial score (nSPS) is 21.7. The summed E-state index contributed by atoms with van der Waals surface area (Å²) in [4.78, 5) is 2.38. The fraction of sp³-hybridized carbons (Fsp3) is 0.625. The Morgan fingerprint density at radius 1 is 1.33 bits per heavy atom. The van der Waals surface area contributed by atoms with Crippen LogP contribution in [0.5, 0.6) is 0 Å². The van der Waals surface area contributed by atoms with Crippen molar-refractivity contribution in [3.63, 3.8) is 0 Å². The first-order valence-electron chi connectivity index (χ1n) is 7.53. The smallest absolute Gasteiger partial charge is 0.310 e. The number of nitrogens with zero attached hydrogens (tertiary/aromatic N) is 1.